The molecule has 4 nitrogen and oxygen atoms in total. The monoisotopic (exact) mass is 303 g/mol. The van der Waals surface area contributed by atoms with Crippen LogP contribution in [-0.2, 0) is 0 Å². The fourth-order valence-electron chi connectivity index (χ4n) is 1.75. The molecule has 0 aliphatic carbocycles. The zero-order valence-corrected chi connectivity index (χ0v) is 12.2. The predicted octanol–water partition coefficient (Wildman–Crippen LogP) is 3.51. The van der Waals surface area contributed by atoms with E-state index in [1.807, 2.05) is 6.92 Å². The lowest BCUT2D eigenvalue weighted by Crippen LogP contribution is -2.45. The number of carbonyl (C=O) groups is 1. The van der Waals surface area contributed by atoms with Crippen LogP contribution < -0.4 is 11.1 Å². The highest BCUT2D eigenvalue weighted by molar-refractivity contribution is 5.89. The van der Waals surface area contributed by atoms with Crippen LogP contribution in [-0.4, -0.2) is 29.7 Å². The van der Waals surface area contributed by atoms with Crippen molar-refractivity contribution in [1.29, 1.82) is 0 Å². The normalized spacial score (nSPS) is 13.1. The van der Waals surface area contributed by atoms with E-state index in [2.05, 4.69) is 5.32 Å². The van der Waals surface area contributed by atoms with Gasteiger partial charge in [-0.1, -0.05) is 12.1 Å². The first kappa shape index (κ1) is 17.3. The van der Waals surface area contributed by atoms with E-state index < -0.39 is 24.8 Å². The first-order valence-electron chi connectivity index (χ1n) is 6.60. The predicted molar refractivity (Wildman–Crippen MR) is 76.0 cm³/mol. The summed E-state index contributed by atoms with van der Waals surface area (Å²) < 4.78 is 37.4. The minimum Gasteiger partial charge on any atom is -0.324 e. The first-order valence-corrected chi connectivity index (χ1v) is 6.60. The molecule has 1 atom stereocenters. The number of nitrogens with zero attached hydrogens (tertiary/aromatic N) is 1. The summed E-state index contributed by atoms with van der Waals surface area (Å²) in [6, 6.07) is 5.19. The molecule has 0 bridgehead atoms. The second-order valence-electron chi connectivity index (χ2n) is 5.18. The minimum atomic E-state index is -4.43. The summed E-state index contributed by atoms with van der Waals surface area (Å²) in [6.07, 6.45) is -4.43. The Hall–Kier alpha value is -1.76. The van der Waals surface area contributed by atoms with Crippen molar-refractivity contribution in [2.45, 2.75) is 39.0 Å². The molecule has 0 radical (unpaired) electrons. The Morgan fingerprint density at radius 1 is 1.24 bits per heavy atom. The van der Waals surface area contributed by atoms with E-state index >= 15 is 0 Å². The molecule has 1 aromatic rings. The number of urea groups is 1. The zero-order chi connectivity index (χ0) is 16.2. The van der Waals surface area contributed by atoms with Crippen LogP contribution in [0.15, 0.2) is 24.3 Å². The number of hydrogen-bond acceptors (Lipinski definition) is 2. The molecular weight excluding hydrogens is 283 g/mol. The van der Waals surface area contributed by atoms with Gasteiger partial charge in [0.1, 0.15) is 6.54 Å². The molecule has 0 saturated heterocycles. The summed E-state index contributed by atoms with van der Waals surface area (Å²) in [6.45, 7) is 3.60. The molecule has 2 amide bonds. The quantitative estimate of drug-likeness (QED) is 0.894. The maximum atomic E-state index is 12.5. The molecule has 1 aromatic carbocycles. The fourth-order valence-corrected chi connectivity index (χ4v) is 1.75. The molecule has 21 heavy (non-hydrogen) atoms. The second kappa shape index (κ2) is 6.80. The third-order valence-corrected chi connectivity index (χ3v) is 2.92. The van der Waals surface area contributed by atoms with E-state index in [-0.39, 0.29) is 6.04 Å². The van der Waals surface area contributed by atoms with Gasteiger partial charge < -0.3 is 16.0 Å². The Morgan fingerprint density at radius 3 is 2.14 bits per heavy atom. The van der Waals surface area contributed by atoms with Gasteiger partial charge in [0.05, 0.1) is 0 Å². The second-order valence-corrected chi connectivity index (χ2v) is 5.18. The minimum absolute atomic E-state index is 0.146. The molecule has 7 heteroatoms. The summed E-state index contributed by atoms with van der Waals surface area (Å²) in [7, 11) is 0. The standard InChI is InChI=1S/C14H20F3N3O/c1-9(2)20(8-14(15,16)17)13(21)19-12-6-4-11(5-7-12)10(3)18/h4-7,9-10H,8,18H2,1-3H3,(H,19,21). The van der Waals surface area contributed by atoms with E-state index in [9.17, 15) is 18.0 Å². The number of amides is 2. The third-order valence-electron chi connectivity index (χ3n) is 2.92. The van der Waals surface area contributed by atoms with E-state index in [0.717, 1.165) is 10.5 Å². The number of rotatable bonds is 4. The van der Waals surface area contributed by atoms with Crippen LogP contribution in [0.5, 0.6) is 0 Å². The molecule has 0 fully saturated rings. The van der Waals surface area contributed by atoms with Crippen molar-refractivity contribution in [3.05, 3.63) is 29.8 Å². The Balaban J connectivity index is 2.77. The molecule has 118 valence electrons. The summed E-state index contributed by atoms with van der Waals surface area (Å²) in [5.41, 5.74) is 7.01. The molecule has 0 aliphatic heterocycles. The Morgan fingerprint density at radius 2 is 1.76 bits per heavy atom. The van der Waals surface area contributed by atoms with Crippen LogP contribution in [0.25, 0.3) is 0 Å². The number of hydrogen-bond donors (Lipinski definition) is 2. The third kappa shape index (κ3) is 5.63. The van der Waals surface area contributed by atoms with Gasteiger partial charge in [-0.15, -0.1) is 0 Å². The maximum Gasteiger partial charge on any atom is 0.406 e. The highest BCUT2D eigenvalue weighted by atomic mass is 19.4. The van der Waals surface area contributed by atoms with Crippen LogP contribution in [0.1, 0.15) is 32.4 Å². The highest BCUT2D eigenvalue weighted by Gasteiger charge is 2.34. The number of carbonyl (C=O) groups excluding carboxylic acids is 1. The van der Waals surface area contributed by atoms with Crippen LogP contribution >= 0.6 is 0 Å². The Kier molecular flexibility index (Phi) is 5.60. The van der Waals surface area contributed by atoms with E-state index in [1.54, 1.807) is 24.3 Å². The van der Waals surface area contributed by atoms with Crippen molar-refractivity contribution < 1.29 is 18.0 Å². The van der Waals surface area contributed by atoms with Gasteiger partial charge in [-0.3, -0.25) is 0 Å². The smallest absolute Gasteiger partial charge is 0.324 e. The Bertz CT molecular complexity index is 469. The van der Waals surface area contributed by atoms with Gasteiger partial charge in [0.15, 0.2) is 0 Å². The number of anilines is 1. The number of nitrogens with two attached hydrogens (primary N) is 1. The fraction of sp³-hybridized carbons (Fsp3) is 0.500. The van der Waals surface area contributed by atoms with Gasteiger partial charge >= 0.3 is 12.2 Å². The van der Waals surface area contributed by atoms with E-state index in [1.165, 1.54) is 13.8 Å². The number of nitrogens with one attached hydrogen (secondary N) is 1. The average molecular weight is 303 g/mol. The van der Waals surface area contributed by atoms with E-state index in [4.69, 9.17) is 5.73 Å². The maximum absolute atomic E-state index is 12.5. The molecule has 0 aromatic heterocycles. The topological polar surface area (TPSA) is 58.4 Å². The average Bonchev–Trinajstić information content (AvgIpc) is 2.35. The zero-order valence-electron chi connectivity index (χ0n) is 12.2. The summed E-state index contributed by atoms with van der Waals surface area (Å²) >= 11 is 0. The van der Waals surface area contributed by atoms with Crippen molar-refractivity contribution in [3.8, 4) is 0 Å². The van der Waals surface area contributed by atoms with Gasteiger partial charge in [-0.25, -0.2) is 4.79 Å². The first-order chi connectivity index (χ1) is 9.60. The molecule has 1 rings (SSSR count). The van der Waals surface area contributed by atoms with Gasteiger partial charge in [0.25, 0.3) is 0 Å². The summed E-state index contributed by atoms with van der Waals surface area (Å²) in [5, 5.41) is 2.46. The lowest BCUT2D eigenvalue weighted by molar-refractivity contribution is -0.142. The van der Waals surface area contributed by atoms with Gasteiger partial charge in [0.2, 0.25) is 0 Å². The van der Waals surface area contributed by atoms with Crippen LogP contribution in [0.3, 0.4) is 0 Å². The van der Waals surface area contributed by atoms with Crippen LogP contribution in [0.2, 0.25) is 0 Å². The molecule has 0 saturated carbocycles. The molecule has 3 N–H and O–H groups in total. The van der Waals surface area contributed by atoms with Gasteiger partial charge in [0, 0.05) is 17.8 Å². The lowest BCUT2D eigenvalue weighted by Gasteiger charge is -2.27. The molecule has 0 aliphatic rings. The Labute approximate surface area is 122 Å². The SMILES string of the molecule is CC(N)c1ccc(NC(=O)N(CC(F)(F)F)C(C)C)cc1. The van der Waals surface area contributed by atoms with E-state index in [0.29, 0.717) is 5.69 Å². The van der Waals surface area contributed by atoms with Crippen molar-refractivity contribution in [1.82, 2.24) is 4.90 Å². The molecule has 0 spiro atoms. The molecule has 0 heterocycles. The van der Waals surface area contributed by atoms with Crippen LogP contribution in [0.4, 0.5) is 23.7 Å². The molecular formula is C14H20F3N3O. The number of benzene rings is 1. The van der Waals surface area contributed by atoms with Gasteiger partial charge in [-0.05, 0) is 38.5 Å². The summed E-state index contributed by atoms with van der Waals surface area (Å²) in [5.74, 6) is 0. The van der Waals surface area contributed by atoms with Gasteiger partial charge in [-0.2, -0.15) is 13.2 Å². The highest BCUT2D eigenvalue weighted by Crippen LogP contribution is 2.20. The molecule has 1 unspecified atom stereocenters. The van der Waals surface area contributed by atoms with Crippen molar-refractivity contribution in [3.63, 3.8) is 0 Å². The summed E-state index contributed by atoms with van der Waals surface area (Å²) in [4.78, 5) is 12.7. The number of alkyl halides is 3. The number of halogens is 3. The van der Waals surface area contributed by atoms with Crippen molar-refractivity contribution >= 4 is 11.7 Å². The van der Waals surface area contributed by atoms with Crippen molar-refractivity contribution in [2.24, 2.45) is 5.73 Å². The lowest BCUT2D eigenvalue weighted by atomic mass is 10.1. The van der Waals surface area contributed by atoms with Crippen molar-refractivity contribution in [2.75, 3.05) is 11.9 Å². The largest absolute Gasteiger partial charge is 0.406 e. The van der Waals surface area contributed by atoms with Crippen LogP contribution in [0, 0.1) is 0 Å².